The highest BCUT2D eigenvalue weighted by molar-refractivity contribution is 9.10. The Balaban J connectivity index is 2.15. The fourth-order valence-electron chi connectivity index (χ4n) is 1.85. The van der Waals surface area contributed by atoms with Crippen molar-refractivity contribution in [3.05, 3.63) is 22.2 Å². The number of aliphatic carboxylic acids is 1. The molecule has 1 aromatic carbocycles. The van der Waals surface area contributed by atoms with Crippen molar-refractivity contribution in [3.63, 3.8) is 0 Å². The van der Waals surface area contributed by atoms with Gasteiger partial charge in [0.1, 0.15) is 13.2 Å². The van der Waals surface area contributed by atoms with Gasteiger partial charge in [0.15, 0.2) is 11.5 Å². The SMILES string of the molecule is CC(C)(CCc1cc2c(cc1Br)OCCO2)C(=O)O. The highest BCUT2D eigenvalue weighted by Crippen LogP contribution is 2.37. The Bertz CT molecular complexity index is 496. The van der Waals surface area contributed by atoms with Crippen LogP contribution in [0, 0.1) is 5.41 Å². The minimum atomic E-state index is -0.777. The van der Waals surface area contributed by atoms with Gasteiger partial charge in [-0.1, -0.05) is 15.9 Å². The third-order valence-electron chi connectivity index (χ3n) is 3.31. The molecule has 104 valence electrons. The molecule has 4 nitrogen and oxygen atoms in total. The Morgan fingerprint density at radius 2 is 1.89 bits per heavy atom. The van der Waals surface area contributed by atoms with Crippen LogP contribution in [0.15, 0.2) is 16.6 Å². The molecular formula is C14H17BrO4. The Morgan fingerprint density at radius 3 is 2.47 bits per heavy atom. The van der Waals surface area contributed by atoms with Crippen molar-refractivity contribution in [3.8, 4) is 11.5 Å². The predicted molar refractivity (Wildman–Crippen MR) is 74.9 cm³/mol. The molecule has 1 aliphatic rings. The topological polar surface area (TPSA) is 55.8 Å². The monoisotopic (exact) mass is 328 g/mol. The first-order chi connectivity index (χ1) is 8.90. The summed E-state index contributed by atoms with van der Waals surface area (Å²) in [5.41, 5.74) is 0.311. The maximum atomic E-state index is 11.1. The van der Waals surface area contributed by atoms with Gasteiger partial charge in [-0.2, -0.15) is 0 Å². The van der Waals surface area contributed by atoms with E-state index in [2.05, 4.69) is 15.9 Å². The maximum absolute atomic E-state index is 11.1. The van der Waals surface area contributed by atoms with Gasteiger partial charge in [-0.3, -0.25) is 4.79 Å². The van der Waals surface area contributed by atoms with E-state index in [1.165, 1.54) is 0 Å². The van der Waals surface area contributed by atoms with E-state index in [-0.39, 0.29) is 0 Å². The van der Waals surface area contributed by atoms with Crippen LogP contribution < -0.4 is 9.47 Å². The first-order valence-electron chi connectivity index (χ1n) is 6.21. The average molecular weight is 329 g/mol. The summed E-state index contributed by atoms with van der Waals surface area (Å²) in [6.07, 6.45) is 1.25. The average Bonchev–Trinajstić information content (AvgIpc) is 2.36. The molecule has 1 heterocycles. The summed E-state index contributed by atoms with van der Waals surface area (Å²) in [6.45, 7) is 4.59. The lowest BCUT2D eigenvalue weighted by Gasteiger charge is -2.22. The van der Waals surface area contributed by atoms with E-state index < -0.39 is 11.4 Å². The molecule has 1 N–H and O–H groups in total. The van der Waals surface area contributed by atoms with Crippen LogP contribution in [0.5, 0.6) is 11.5 Å². The van der Waals surface area contributed by atoms with Gasteiger partial charge in [-0.15, -0.1) is 0 Å². The zero-order valence-electron chi connectivity index (χ0n) is 11.0. The normalized spacial score (nSPS) is 14.3. The minimum absolute atomic E-state index is 0.550. The van der Waals surface area contributed by atoms with E-state index in [1.54, 1.807) is 13.8 Å². The van der Waals surface area contributed by atoms with Crippen molar-refractivity contribution in [2.24, 2.45) is 5.41 Å². The summed E-state index contributed by atoms with van der Waals surface area (Å²) < 4.78 is 12.0. The van der Waals surface area contributed by atoms with E-state index in [4.69, 9.17) is 14.6 Å². The molecule has 0 radical (unpaired) electrons. The van der Waals surface area contributed by atoms with Crippen molar-refractivity contribution in [2.75, 3.05) is 13.2 Å². The number of fused-ring (bicyclic) bond motifs is 1. The van der Waals surface area contributed by atoms with Crippen LogP contribution >= 0.6 is 15.9 Å². The van der Waals surface area contributed by atoms with Crippen LogP contribution in [-0.4, -0.2) is 24.3 Å². The lowest BCUT2D eigenvalue weighted by molar-refractivity contribution is -0.147. The summed E-state index contributed by atoms with van der Waals surface area (Å²) in [5.74, 6) is 0.693. The highest BCUT2D eigenvalue weighted by Gasteiger charge is 2.27. The molecule has 0 amide bonds. The summed E-state index contributed by atoms with van der Waals surface area (Å²) in [5, 5.41) is 9.12. The summed E-state index contributed by atoms with van der Waals surface area (Å²) in [7, 11) is 0. The van der Waals surface area contributed by atoms with Gasteiger partial charge in [0.25, 0.3) is 0 Å². The van der Waals surface area contributed by atoms with E-state index >= 15 is 0 Å². The molecule has 2 rings (SSSR count). The Kier molecular flexibility index (Phi) is 4.04. The van der Waals surface area contributed by atoms with E-state index in [0.29, 0.717) is 26.1 Å². The zero-order chi connectivity index (χ0) is 14.0. The number of aryl methyl sites for hydroxylation is 1. The number of ether oxygens (including phenoxy) is 2. The molecule has 0 spiro atoms. The highest BCUT2D eigenvalue weighted by atomic mass is 79.9. The third-order valence-corrected chi connectivity index (χ3v) is 4.05. The van der Waals surface area contributed by atoms with Crippen LogP contribution in [-0.2, 0) is 11.2 Å². The molecule has 0 saturated heterocycles. The molecule has 0 unspecified atom stereocenters. The Labute approximate surface area is 120 Å². The van der Waals surface area contributed by atoms with Gasteiger partial charge in [0, 0.05) is 4.47 Å². The molecule has 19 heavy (non-hydrogen) atoms. The number of hydrogen-bond donors (Lipinski definition) is 1. The van der Waals surface area contributed by atoms with Crippen molar-refractivity contribution in [1.29, 1.82) is 0 Å². The van der Waals surface area contributed by atoms with Crippen LogP contribution in [0.2, 0.25) is 0 Å². The van der Waals surface area contributed by atoms with Crippen LogP contribution in [0.25, 0.3) is 0 Å². The fourth-order valence-corrected chi connectivity index (χ4v) is 2.37. The smallest absolute Gasteiger partial charge is 0.309 e. The fraction of sp³-hybridized carbons (Fsp3) is 0.500. The standard InChI is InChI=1S/C14H17BrO4/c1-14(2,13(16)17)4-3-9-7-11-12(8-10(9)15)19-6-5-18-11/h7-8H,3-6H2,1-2H3,(H,16,17). The lowest BCUT2D eigenvalue weighted by atomic mass is 9.86. The molecule has 0 saturated carbocycles. The largest absolute Gasteiger partial charge is 0.486 e. The van der Waals surface area contributed by atoms with E-state index in [9.17, 15) is 4.79 Å². The van der Waals surface area contributed by atoms with E-state index in [0.717, 1.165) is 21.5 Å². The molecule has 0 atom stereocenters. The Hall–Kier alpha value is -1.23. The molecule has 0 fully saturated rings. The number of hydrogen-bond acceptors (Lipinski definition) is 3. The predicted octanol–water partition coefficient (Wildman–Crippen LogP) is 3.26. The van der Waals surface area contributed by atoms with E-state index in [1.807, 2.05) is 12.1 Å². The molecular weight excluding hydrogens is 312 g/mol. The minimum Gasteiger partial charge on any atom is -0.486 e. The second-order valence-corrected chi connectivity index (χ2v) is 6.13. The molecule has 0 aliphatic carbocycles. The number of halogens is 1. The molecule has 0 aromatic heterocycles. The van der Waals surface area contributed by atoms with Gasteiger partial charge >= 0.3 is 5.97 Å². The molecule has 0 bridgehead atoms. The van der Waals surface area contributed by atoms with Crippen LogP contribution in [0.1, 0.15) is 25.8 Å². The third kappa shape index (κ3) is 3.21. The van der Waals surface area contributed by atoms with Crippen molar-refractivity contribution in [1.82, 2.24) is 0 Å². The molecule has 1 aliphatic heterocycles. The van der Waals surface area contributed by atoms with Crippen molar-refractivity contribution < 1.29 is 19.4 Å². The second kappa shape index (κ2) is 5.41. The first-order valence-corrected chi connectivity index (χ1v) is 7.01. The first kappa shape index (κ1) is 14.2. The number of carboxylic acid groups (broad SMARTS) is 1. The lowest BCUT2D eigenvalue weighted by Crippen LogP contribution is -2.24. The number of carboxylic acids is 1. The molecule has 1 aromatic rings. The Morgan fingerprint density at radius 1 is 1.32 bits per heavy atom. The van der Waals surface area contributed by atoms with Gasteiger partial charge in [0.2, 0.25) is 0 Å². The van der Waals surface area contributed by atoms with Crippen LogP contribution in [0.4, 0.5) is 0 Å². The quantitative estimate of drug-likeness (QED) is 0.921. The van der Waals surface area contributed by atoms with Gasteiger partial charge in [-0.05, 0) is 44.4 Å². The second-order valence-electron chi connectivity index (χ2n) is 5.28. The van der Waals surface area contributed by atoms with Crippen molar-refractivity contribution in [2.45, 2.75) is 26.7 Å². The summed E-state index contributed by atoms with van der Waals surface area (Å²) >= 11 is 3.50. The maximum Gasteiger partial charge on any atom is 0.309 e. The summed E-state index contributed by atoms with van der Waals surface area (Å²) in [6, 6.07) is 3.81. The van der Waals surface area contributed by atoms with Gasteiger partial charge < -0.3 is 14.6 Å². The zero-order valence-corrected chi connectivity index (χ0v) is 12.6. The van der Waals surface area contributed by atoms with Gasteiger partial charge in [-0.25, -0.2) is 0 Å². The van der Waals surface area contributed by atoms with Crippen molar-refractivity contribution >= 4 is 21.9 Å². The number of carbonyl (C=O) groups is 1. The van der Waals surface area contributed by atoms with Gasteiger partial charge in [0.05, 0.1) is 5.41 Å². The summed E-state index contributed by atoms with van der Waals surface area (Å²) in [4.78, 5) is 11.1. The molecule has 5 heteroatoms. The number of rotatable bonds is 4. The number of benzene rings is 1. The van der Waals surface area contributed by atoms with Crippen LogP contribution in [0.3, 0.4) is 0 Å².